The second-order valence-corrected chi connectivity index (χ2v) is 3.64. The molecule has 0 atom stereocenters. The number of benzene rings is 1. The Morgan fingerprint density at radius 3 is 2.78 bits per heavy atom. The van der Waals surface area contributed by atoms with Crippen LogP contribution in [0, 0.1) is 0 Å². The van der Waals surface area contributed by atoms with Gasteiger partial charge in [-0.15, -0.1) is 0 Å². The summed E-state index contributed by atoms with van der Waals surface area (Å²) in [5.74, 6) is -0.432. The predicted octanol–water partition coefficient (Wildman–Crippen LogP) is 2.35. The highest BCUT2D eigenvalue weighted by Gasteiger charge is 2.06. The fourth-order valence-electron chi connectivity index (χ4n) is 1.66. The van der Waals surface area contributed by atoms with E-state index in [4.69, 9.17) is 5.11 Å². The quantitative estimate of drug-likeness (QED) is 0.651. The molecule has 1 heterocycles. The summed E-state index contributed by atoms with van der Waals surface area (Å²) in [6.07, 6.45) is 3.39. The molecular weight excluding hydrogens is 234 g/mol. The van der Waals surface area contributed by atoms with Gasteiger partial charge in [0.25, 0.3) is 0 Å². The smallest absolute Gasteiger partial charge is 0.415 e. The molecule has 0 saturated heterocycles. The van der Waals surface area contributed by atoms with Gasteiger partial charge < -0.3 is 9.84 Å². The Morgan fingerprint density at radius 1 is 1.33 bits per heavy atom. The van der Waals surface area contributed by atoms with Gasteiger partial charge in [-0.2, -0.15) is 0 Å². The molecule has 0 amide bonds. The molecule has 2 aromatic rings. The number of rotatable bonds is 2. The molecule has 92 valence electrons. The summed E-state index contributed by atoms with van der Waals surface area (Å²) in [5.41, 5.74) is 1.41. The lowest BCUT2D eigenvalue weighted by atomic mass is 10.1. The third-order valence-electron chi connectivity index (χ3n) is 2.53. The van der Waals surface area contributed by atoms with Gasteiger partial charge in [0.15, 0.2) is 0 Å². The van der Waals surface area contributed by atoms with Crippen LogP contribution < -0.4 is 0 Å². The van der Waals surface area contributed by atoms with E-state index in [1.807, 2.05) is 0 Å². The Labute approximate surface area is 103 Å². The molecule has 1 N–H and O–H groups in total. The Morgan fingerprint density at radius 2 is 2.11 bits per heavy atom. The van der Waals surface area contributed by atoms with E-state index in [9.17, 15) is 9.59 Å². The fourth-order valence-corrected chi connectivity index (χ4v) is 1.66. The highest BCUT2D eigenvalue weighted by molar-refractivity contribution is 5.91. The first kappa shape index (κ1) is 11.9. The Bertz CT molecular complexity index is 639. The van der Waals surface area contributed by atoms with Crippen LogP contribution in [0.25, 0.3) is 17.0 Å². The summed E-state index contributed by atoms with van der Waals surface area (Å²) < 4.78 is 5.63. The number of carbonyl (C=O) groups excluding carboxylic acids is 1. The minimum Gasteiger partial charge on any atom is -0.466 e. The number of methoxy groups -OCH3 is 1. The molecular formula is C13H11NO4. The SMILES string of the molecule is COC(=O)/C=C/c1ccc2c(ccn2C(=O)O)c1. The van der Waals surface area contributed by atoms with Gasteiger partial charge in [0.2, 0.25) is 0 Å². The summed E-state index contributed by atoms with van der Waals surface area (Å²) in [6, 6.07) is 6.94. The molecule has 0 aliphatic rings. The first-order chi connectivity index (χ1) is 8.61. The first-order valence-corrected chi connectivity index (χ1v) is 5.22. The molecule has 2 rings (SSSR count). The van der Waals surface area contributed by atoms with E-state index in [1.165, 1.54) is 19.4 Å². The van der Waals surface area contributed by atoms with E-state index in [2.05, 4.69) is 4.74 Å². The standard InChI is InChI=1S/C13H11NO4/c1-18-12(15)5-3-9-2-4-11-10(8-9)6-7-14(11)13(16)17/h2-8H,1H3,(H,16,17)/b5-3+. The number of ether oxygens (including phenoxy) is 1. The van der Waals surface area contributed by atoms with Crippen molar-refractivity contribution in [1.82, 2.24) is 4.57 Å². The van der Waals surface area contributed by atoms with Crippen LogP contribution in [0.15, 0.2) is 36.5 Å². The molecule has 0 fully saturated rings. The highest BCUT2D eigenvalue weighted by Crippen LogP contribution is 2.18. The average molecular weight is 245 g/mol. The van der Waals surface area contributed by atoms with Crippen LogP contribution in [-0.4, -0.2) is 28.8 Å². The molecule has 1 aromatic carbocycles. The van der Waals surface area contributed by atoms with Crippen LogP contribution in [0.3, 0.4) is 0 Å². The number of fused-ring (bicyclic) bond motifs is 1. The van der Waals surface area contributed by atoms with Gasteiger partial charge in [0, 0.05) is 17.7 Å². The number of nitrogens with zero attached hydrogens (tertiary/aromatic N) is 1. The third-order valence-corrected chi connectivity index (χ3v) is 2.53. The van der Waals surface area contributed by atoms with Crippen molar-refractivity contribution in [3.05, 3.63) is 42.1 Å². The van der Waals surface area contributed by atoms with E-state index >= 15 is 0 Å². The van der Waals surface area contributed by atoms with Crippen LogP contribution in [0.2, 0.25) is 0 Å². The summed E-state index contributed by atoms with van der Waals surface area (Å²) in [6.45, 7) is 0. The van der Waals surface area contributed by atoms with Crippen molar-refractivity contribution < 1.29 is 19.4 Å². The van der Waals surface area contributed by atoms with E-state index < -0.39 is 12.1 Å². The lowest BCUT2D eigenvalue weighted by Gasteiger charge is -1.98. The van der Waals surface area contributed by atoms with Gasteiger partial charge in [-0.1, -0.05) is 6.07 Å². The summed E-state index contributed by atoms with van der Waals surface area (Å²) in [4.78, 5) is 21.9. The van der Waals surface area contributed by atoms with Crippen molar-refractivity contribution in [2.45, 2.75) is 0 Å². The largest absolute Gasteiger partial charge is 0.466 e. The van der Waals surface area contributed by atoms with Crippen molar-refractivity contribution in [1.29, 1.82) is 0 Å². The number of aromatic nitrogens is 1. The maximum atomic E-state index is 11.0. The molecule has 18 heavy (non-hydrogen) atoms. The molecule has 0 radical (unpaired) electrons. The lowest BCUT2D eigenvalue weighted by Crippen LogP contribution is -2.05. The number of carbonyl (C=O) groups is 2. The zero-order chi connectivity index (χ0) is 13.1. The molecule has 1 aromatic heterocycles. The van der Waals surface area contributed by atoms with Crippen molar-refractivity contribution >= 4 is 29.0 Å². The summed E-state index contributed by atoms with van der Waals surface area (Å²) >= 11 is 0. The minimum atomic E-state index is -1.03. The predicted molar refractivity (Wildman–Crippen MR) is 66.4 cm³/mol. The Balaban J connectivity index is 2.37. The van der Waals surface area contributed by atoms with Gasteiger partial charge in [-0.3, -0.25) is 4.57 Å². The molecule has 0 aliphatic carbocycles. The van der Waals surface area contributed by atoms with Crippen LogP contribution in [0.1, 0.15) is 5.56 Å². The van der Waals surface area contributed by atoms with Crippen molar-refractivity contribution in [2.75, 3.05) is 7.11 Å². The zero-order valence-electron chi connectivity index (χ0n) is 9.66. The second kappa shape index (κ2) is 4.75. The van der Waals surface area contributed by atoms with Gasteiger partial charge in [-0.05, 0) is 29.8 Å². The number of hydrogen-bond acceptors (Lipinski definition) is 3. The second-order valence-electron chi connectivity index (χ2n) is 3.64. The van der Waals surface area contributed by atoms with Gasteiger partial charge in [-0.25, -0.2) is 9.59 Å². The molecule has 5 heteroatoms. The molecule has 0 spiro atoms. The fraction of sp³-hybridized carbons (Fsp3) is 0.0769. The molecule has 0 unspecified atom stereocenters. The normalized spacial score (nSPS) is 10.9. The van der Waals surface area contributed by atoms with E-state index in [0.717, 1.165) is 15.5 Å². The topological polar surface area (TPSA) is 68.5 Å². The number of carboxylic acid groups (broad SMARTS) is 1. The summed E-state index contributed by atoms with van der Waals surface area (Å²) in [7, 11) is 1.31. The first-order valence-electron chi connectivity index (χ1n) is 5.22. The maximum absolute atomic E-state index is 11.0. The monoisotopic (exact) mass is 245 g/mol. The van der Waals surface area contributed by atoms with Gasteiger partial charge in [0.1, 0.15) is 0 Å². The van der Waals surface area contributed by atoms with Crippen molar-refractivity contribution in [3.8, 4) is 0 Å². The van der Waals surface area contributed by atoms with Crippen molar-refractivity contribution in [3.63, 3.8) is 0 Å². The zero-order valence-corrected chi connectivity index (χ0v) is 9.66. The van der Waals surface area contributed by atoms with E-state index in [1.54, 1.807) is 30.3 Å². The van der Waals surface area contributed by atoms with Crippen LogP contribution in [-0.2, 0) is 9.53 Å². The van der Waals surface area contributed by atoms with Crippen LogP contribution in [0.4, 0.5) is 4.79 Å². The summed E-state index contributed by atoms with van der Waals surface area (Å²) in [5, 5.41) is 9.73. The Kier molecular flexibility index (Phi) is 3.14. The Hall–Kier alpha value is -2.56. The third kappa shape index (κ3) is 2.24. The van der Waals surface area contributed by atoms with E-state index in [-0.39, 0.29) is 0 Å². The van der Waals surface area contributed by atoms with Gasteiger partial charge >= 0.3 is 12.1 Å². The number of esters is 1. The molecule has 5 nitrogen and oxygen atoms in total. The lowest BCUT2D eigenvalue weighted by molar-refractivity contribution is -0.134. The maximum Gasteiger partial charge on any atom is 0.415 e. The minimum absolute atomic E-state index is 0.432. The molecule has 0 aliphatic heterocycles. The molecule has 0 bridgehead atoms. The van der Waals surface area contributed by atoms with Crippen LogP contribution in [0.5, 0.6) is 0 Å². The average Bonchev–Trinajstić information content (AvgIpc) is 2.78. The van der Waals surface area contributed by atoms with E-state index in [0.29, 0.717) is 5.52 Å². The van der Waals surface area contributed by atoms with Gasteiger partial charge in [0.05, 0.1) is 12.6 Å². The van der Waals surface area contributed by atoms with Crippen LogP contribution >= 0.6 is 0 Å². The van der Waals surface area contributed by atoms with Crippen molar-refractivity contribution in [2.24, 2.45) is 0 Å². The molecule has 0 saturated carbocycles. The number of hydrogen-bond donors (Lipinski definition) is 1. The highest BCUT2D eigenvalue weighted by atomic mass is 16.5.